The molecule has 0 aliphatic heterocycles. The highest BCUT2D eigenvalue weighted by Gasteiger charge is 2.06. The van der Waals surface area contributed by atoms with Gasteiger partial charge in [-0.3, -0.25) is 0 Å². The Hall–Kier alpha value is -0.880. The van der Waals surface area contributed by atoms with Crippen LogP contribution in [0, 0.1) is 0 Å². The van der Waals surface area contributed by atoms with Crippen LogP contribution in [0.2, 0.25) is 0 Å². The number of ether oxygens (including phenoxy) is 1. The van der Waals surface area contributed by atoms with Crippen LogP contribution in [-0.4, -0.2) is 25.2 Å². The second-order valence-electron chi connectivity index (χ2n) is 4.19. The topological polar surface area (TPSA) is 34.1 Å². The summed E-state index contributed by atoms with van der Waals surface area (Å²) in [4.78, 5) is 5.58. The van der Waals surface area contributed by atoms with Crippen molar-refractivity contribution < 1.29 is 4.74 Å². The summed E-state index contributed by atoms with van der Waals surface area (Å²) in [5.41, 5.74) is 1.26. The fourth-order valence-corrected chi connectivity index (χ4v) is 3.00. The molecule has 2 rings (SSSR count). The number of hydrogen-bond donors (Lipinski definition) is 1. The zero-order chi connectivity index (χ0) is 14.2. The van der Waals surface area contributed by atoms with Crippen molar-refractivity contribution >= 4 is 27.7 Å². The van der Waals surface area contributed by atoms with Gasteiger partial charge in [0, 0.05) is 35.8 Å². The molecule has 0 bridgehead atoms. The largest absolute Gasteiger partial charge is 0.383 e. The Kier molecular flexibility index (Phi) is 6.53. The number of hydrogen-bond acceptors (Lipinski definition) is 4. The smallest absolute Gasteiger partial charge is 0.101 e. The standard InChI is InChI=1S/C15H17BrN2OS/c1-19-9-8-17-11-12-10-13(16)5-6-14(12)20-15-4-2-3-7-18-15/h2-7,10,17H,8-9,11H2,1H3. The Morgan fingerprint density at radius 3 is 2.95 bits per heavy atom. The van der Waals surface area contributed by atoms with Crippen LogP contribution < -0.4 is 5.32 Å². The van der Waals surface area contributed by atoms with Crippen molar-refractivity contribution in [2.24, 2.45) is 0 Å². The normalized spacial score (nSPS) is 10.7. The molecular formula is C15H17BrN2OS. The molecule has 1 N–H and O–H groups in total. The zero-order valence-corrected chi connectivity index (χ0v) is 13.7. The summed E-state index contributed by atoms with van der Waals surface area (Å²) in [7, 11) is 1.71. The van der Waals surface area contributed by atoms with Crippen molar-refractivity contribution in [2.45, 2.75) is 16.5 Å². The van der Waals surface area contributed by atoms with Crippen molar-refractivity contribution in [1.29, 1.82) is 0 Å². The average Bonchev–Trinajstić information content (AvgIpc) is 2.47. The van der Waals surface area contributed by atoms with Crippen LogP contribution in [0.4, 0.5) is 0 Å². The van der Waals surface area contributed by atoms with Crippen molar-refractivity contribution in [3.05, 3.63) is 52.6 Å². The molecule has 20 heavy (non-hydrogen) atoms. The molecule has 0 atom stereocenters. The van der Waals surface area contributed by atoms with Crippen molar-refractivity contribution in [3.63, 3.8) is 0 Å². The molecule has 0 saturated carbocycles. The number of pyridine rings is 1. The van der Waals surface area contributed by atoms with E-state index in [1.54, 1.807) is 18.9 Å². The van der Waals surface area contributed by atoms with Crippen LogP contribution in [0.1, 0.15) is 5.56 Å². The number of nitrogens with zero attached hydrogens (tertiary/aromatic N) is 1. The number of halogens is 1. The quantitative estimate of drug-likeness (QED) is 0.769. The Bertz CT molecular complexity index is 537. The molecule has 0 aliphatic rings. The van der Waals surface area contributed by atoms with Crippen LogP contribution in [0.25, 0.3) is 0 Å². The van der Waals surface area contributed by atoms with Crippen LogP contribution in [-0.2, 0) is 11.3 Å². The van der Waals surface area contributed by atoms with E-state index in [0.717, 1.165) is 29.2 Å². The highest BCUT2D eigenvalue weighted by atomic mass is 79.9. The van der Waals surface area contributed by atoms with Gasteiger partial charge in [0.1, 0.15) is 5.03 Å². The Morgan fingerprint density at radius 2 is 2.20 bits per heavy atom. The lowest BCUT2D eigenvalue weighted by Gasteiger charge is -2.10. The lowest BCUT2D eigenvalue weighted by Crippen LogP contribution is -2.18. The van der Waals surface area contributed by atoms with Crippen LogP contribution in [0.3, 0.4) is 0 Å². The molecule has 0 saturated heterocycles. The minimum Gasteiger partial charge on any atom is -0.383 e. The van der Waals surface area contributed by atoms with E-state index < -0.39 is 0 Å². The first-order chi connectivity index (χ1) is 9.79. The van der Waals surface area contributed by atoms with E-state index >= 15 is 0 Å². The fraction of sp³-hybridized carbons (Fsp3) is 0.267. The first kappa shape index (κ1) is 15.5. The third-order valence-electron chi connectivity index (χ3n) is 2.67. The molecular weight excluding hydrogens is 336 g/mol. The highest BCUT2D eigenvalue weighted by Crippen LogP contribution is 2.30. The maximum Gasteiger partial charge on any atom is 0.101 e. The Morgan fingerprint density at radius 1 is 1.30 bits per heavy atom. The molecule has 0 unspecified atom stereocenters. The minimum absolute atomic E-state index is 0.719. The molecule has 1 aromatic heterocycles. The van der Waals surface area contributed by atoms with Crippen LogP contribution >= 0.6 is 27.7 Å². The maximum atomic E-state index is 5.04. The first-order valence-electron chi connectivity index (χ1n) is 6.36. The van der Waals surface area contributed by atoms with Gasteiger partial charge in [-0.1, -0.05) is 33.8 Å². The third kappa shape index (κ3) is 4.90. The van der Waals surface area contributed by atoms with Gasteiger partial charge in [0.15, 0.2) is 0 Å². The number of aromatic nitrogens is 1. The summed E-state index contributed by atoms with van der Waals surface area (Å²) in [6.07, 6.45) is 1.82. The number of methoxy groups -OCH3 is 1. The highest BCUT2D eigenvalue weighted by molar-refractivity contribution is 9.10. The van der Waals surface area contributed by atoms with E-state index in [1.807, 2.05) is 24.4 Å². The zero-order valence-electron chi connectivity index (χ0n) is 11.3. The number of benzene rings is 1. The maximum absolute atomic E-state index is 5.04. The molecule has 1 aromatic carbocycles. The molecule has 3 nitrogen and oxygen atoms in total. The van der Waals surface area contributed by atoms with Crippen LogP contribution in [0.5, 0.6) is 0 Å². The Labute approximate surface area is 132 Å². The lowest BCUT2D eigenvalue weighted by molar-refractivity contribution is 0.199. The van der Waals surface area contributed by atoms with Gasteiger partial charge < -0.3 is 10.1 Å². The van der Waals surface area contributed by atoms with Gasteiger partial charge in [0.2, 0.25) is 0 Å². The van der Waals surface area contributed by atoms with Gasteiger partial charge in [-0.05, 0) is 35.9 Å². The molecule has 0 fully saturated rings. The van der Waals surface area contributed by atoms with Gasteiger partial charge in [-0.25, -0.2) is 4.98 Å². The van der Waals surface area contributed by atoms with Crippen molar-refractivity contribution in [3.8, 4) is 0 Å². The lowest BCUT2D eigenvalue weighted by atomic mass is 10.2. The predicted molar refractivity (Wildman–Crippen MR) is 86.1 cm³/mol. The second kappa shape index (κ2) is 8.42. The minimum atomic E-state index is 0.719. The predicted octanol–water partition coefficient (Wildman–Crippen LogP) is 3.73. The molecule has 0 aliphatic carbocycles. The van der Waals surface area contributed by atoms with Gasteiger partial charge in [0.25, 0.3) is 0 Å². The Balaban J connectivity index is 2.07. The fourth-order valence-electron chi connectivity index (χ4n) is 1.70. The van der Waals surface area contributed by atoms with E-state index in [4.69, 9.17) is 4.74 Å². The monoisotopic (exact) mass is 352 g/mol. The van der Waals surface area contributed by atoms with E-state index in [9.17, 15) is 0 Å². The van der Waals surface area contributed by atoms with E-state index in [2.05, 4.69) is 44.4 Å². The number of nitrogens with one attached hydrogen (secondary N) is 1. The molecule has 0 spiro atoms. The molecule has 2 aromatic rings. The second-order valence-corrected chi connectivity index (χ2v) is 6.17. The molecule has 5 heteroatoms. The van der Waals surface area contributed by atoms with Crippen molar-refractivity contribution in [2.75, 3.05) is 20.3 Å². The van der Waals surface area contributed by atoms with Gasteiger partial charge in [-0.15, -0.1) is 0 Å². The van der Waals surface area contributed by atoms with Crippen molar-refractivity contribution in [1.82, 2.24) is 10.3 Å². The number of rotatable bonds is 7. The van der Waals surface area contributed by atoms with Gasteiger partial charge in [-0.2, -0.15) is 0 Å². The first-order valence-corrected chi connectivity index (χ1v) is 7.97. The molecule has 106 valence electrons. The van der Waals surface area contributed by atoms with Crippen LogP contribution in [0.15, 0.2) is 57.0 Å². The summed E-state index contributed by atoms with van der Waals surface area (Å²) in [5.74, 6) is 0. The summed E-state index contributed by atoms with van der Waals surface area (Å²) < 4.78 is 6.13. The van der Waals surface area contributed by atoms with E-state index in [0.29, 0.717) is 0 Å². The SMILES string of the molecule is COCCNCc1cc(Br)ccc1Sc1ccccn1. The molecule has 0 radical (unpaired) electrons. The van der Waals surface area contributed by atoms with E-state index in [-0.39, 0.29) is 0 Å². The van der Waals surface area contributed by atoms with E-state index in [1.165, 1.54) is 10.5 Å². The molecule has 1 heterocycles. The third-order valence-corrected chi connectivity index (χ3v) is 4.24. The van der Waals surface area contributed by atoms with Gasteiger partial charge >= 0.3 is 0 Å². The van der Waals surface area contributed by atoms with Gasteiger partial charge in [0.05, 0.1) is 6.61 Å². The summed E-state index contributed by atoms with van der Waals surface area (Å²) in [6, 6.07) is 12.3. The molecule has 0 amide bonds. The average molecular weight is 353 g/mol. The summed E-state index contributed by atoms with van der Waals surface area (Å²) in [6.45, 7) is 2.38. The summed E-state index contributed by atoms with van der Waals surface area (Å²) >= 11 is 5.21. The summed E-state index contributed by atoms with van der Waals surface area (Å²) in [5, 5.41) is 4.38.